The lowest BCUT2D eigenvalue weighted by atomic mass is 10.1. The highest BCUT2D eigenvalue weighted by Gasteiger charge is 2.22. The van der Waals surface area contributed by atoms with Gasteiger partial charge in [-0.2, -0.15) is 0 Å². The van der Waals surface area contributed by atoms with Crippen LogP contribution >= 0.6 is 0 Å². The summed E-state index contributed by atoms with van der Waals surface area (Å²) in [6.07, 6.45) is 2.23. The second-order valence-corrected chi connectivity index (χ2v) is 5.31. The van der Waals surface area contributed by atoms with Crippen molar-refractivity contribution < 1.29 is 14.3 Å². The van der Waals surface area contributed by atoms with Crippen LogP contribution in [0.15, 0.2) is 18.2 Å². The first-order chi connectivity index (χ1) is 10.2. The molecule has 1 N–H and O–H groups in total. The van der Waals surface area contributed by atoms with Gasteiger partial charge in [0.25, 0.3) is 0 Å². The van der Waals surface area contributed by atoms with Crippen LogP contribution in [0.25, 0.3) is 0 Å². The van der Waals surface area contributed by atoms with Crippen LogP contribution in [0.5, 0.6) is 11.5 Å². The first-order valence-electron chi connectivity index (χ1n) is 7.38. The second kappa shape index (κ2) is 7.31. The van der Waals surface area contributed by atoms with Gasteiger partial charge in [-0.3, -0.25) is 4.79 Å². The van der Waals surface area contributed by atoms with E-state index in [4.69, 9.17) is 9.47 Å². The molecule has 1 aromatic rings. The zero-order chi connectivity index (χ0) is 15.2. The number of methoxy groups -OCH3 is 2. The maximum atomic E-state index is 12.3. The molecule has 1 atom stereocenters. The monoisotopic (exact) mass is 292 g/mol. The summed E-state index contributed by atoms with van der Waals surface area (Å²) in [5.74, 6) is 1.75. The molecule has 1 fully saturated rings. The van der Waals surface area contributed by atoms with E-state index in [9.17, 15) is 4.79 Å². The maximum Gasteiger partial charge on any atom is 0.239 e. The van der Waals surface area contributed by atoms with Crippen LogP contribution < -0.4 is 14.8 Å². The quantitative estimate of drug-likeness (QED) is 0.869. The fourth-order valence-electron chi connectivity index (χ4n) is 2.58. The SMILES string of the molecule is COc1ccc(OC)c(CNC(C)C(=O)N2CCCC2)c1. The van der Waals surface area contributed by atoms with Crippen molar-refractivity contribution >= 4 is 5.91 Å². The van der Waals surface area contributed by atoms with Gasteiger partial charge in [0.15, 0.2) is 0 Å². The normalized spacial score (nSPS) is 15.9. The molecule has 2 rings (SSSR count). The van der Waals surface area contributed by atoms with Crippen molar-refractivity contribution in [2.24, 2.45) is 0 Å². The van der Waals surface area contributed by atoms with Gasteiger partial charge >= 0.3 is 0 Å². The summed E-state index contributed by atoms with van der Waals surface area (Å²) in [5.41, 5.74) is 0.984. The highest BCUT2D eigenvalue weighted by molar-refractivity contribution is 5.81. The largest absolute Gasteiger partial charge is 0.497 e. The van der Waals surface area contributed by atoms with Gasteiger partial charge < -0.3 is 19.7 Å². The Morgan fingerprint density at radius 3 is 2.62 bits per heavy atom. The predicted octanol–water partition coefficient (Wildman–Crippen LogP) is 1.80. The van der Waals surface area contributed by atoms with E-state index in [1.54, 1.807) is 14.2 Å². The van der Waals surface area contributed by atoms with E-state index in [1.165, 1.54) is 0 Å². The van der Waals surface area contributed by atoms with E-state index >= 15 is 0 Å². The molecule has 5 nitrogen and oxygen atoms in total. The molecular weight excluding hydrogens is 268 g/mol. The molecule has 1 aliphatic heterocycles. The number of likely N-dealkylation sites (tertiary alicyclic amines) is 1. The number of carbonyl (C=O) groups excluding carboxylic acids is 1. The minimum atomic E-state index is -0.195. The van der Waals surface area contributed by atoms with E-state index in [-0.39, 0.29) is 11.9 Å². The molecule has 1 amide bonds. The van der Waals surface area contributed by atoms with Gasteiger partial charge in [0, 0.05) is 25.2 Å². The third-order valence-electron chi connectivity index (χ3n) is 3.87. The van der Waals surface area contributed by atoms with E-state index in [0.717, 1.165) is 43.0 Å². The Morgan fingerprint density at radius 2 is 2.00 bits per heavy atom. The van der Waals surface area contributed by atoms with Crippen LogP contribution in [0.1, 0.15) is 25.3 Å². The number of nitrogens with zero attached hydrogens (tertiary/aromatic N) is 1. The summed E-state index contributed by atoms with van der Waals surface area (Å²) in [7, 11) is 3.28. The maximum absolute atomic E-state index is 12.3. The third-order valence-corrected chi connectivity index (χ3v) is 3.87. The van der Waals surface area contributed by atoms with Crippen LogP contribution in [0, 0.1) is 0 Å². The van der Waals surface area contributed by atoms with Crippen molar-refractivity contribution in [1.82, 2.24) is 10.2 Å². The molecule has 116 valence electrons. The lowest BCUT2D eigenvalue weighted by molar-refractivity contribution is -0.131. The van der Waals surface area contributed by atoms with Crippen LogP contribution in [-0.4, -0.2) is 44.2 Å². The van der Waals surface area contributed by atoms with Crippen LogP contribution in [0.3, 0.4) is 0 Å². The van der Waals surface area contributed by atoms with Gasteiger partial charge in [0.1, 0.15) is 11.5 Å². The molecule has 0 saturated carbocycles. The van der Waals surface area contributed by atoms with Crippen molar-refractivity contribution in [3.63, 3.8) is 0 Å². The number of nitrogens with one attached hydrogen (secondary N) is 1. The van der Waals surface area contributed by atoms with Gasteiger partial charge in [-0.05, 0) is 38.0 Å². The Labute approximate surface area is 126 Å². The van der Waals surface area contributed by atoms with Crippen molar-refractivity contribution in [1.29, 1.82) is 0 Å². The van der Waals surface area contributed by atoms with Gasteiger partial charge in [0.2, 0.25) is 5.91 Å². The molecule has 21 heavy (non-hydrogen) atoms. The Kier molecular flexibility index (Phi) is 5.44. The molecule has 0 radical (unpaired) electrons. The zero-order valence-electron chi connectivity index (χ0n) is 13.0. The standard InChI is InChI=1S/C16H24N2O3/c1-12(16(19)18-8-4-5-9-18)17-11-13-10-14(20-2)6-7-15(13)21-3/h6-7,10,12,17H,4-5,8-9,11H2,1-3H3. The van der Waals surface area contributed by atoms with Crippen molar-refractivity contribution in [3.05, 3.63) is 23.8 Å². The molecule has 0 bridgehead atoms. The molecule has 1 heterocycles. The predicted molar refractivity (Wildman–Crippen MR) is 81.7 cm³/mol. The summed E-state index contributed by atoms with van der Waals surface area (Å²) < 4.78 is 10.6. The molecule has 1 unspecified atom stereocenters. The van der Waals surface area contributed by atoms with Crippen LogP contribution in [-0.2, 0) is 11.3 Å². The smallest absolute Gasteiger partial charge is 0.239 e. The topological polar surface area (TPSA) is 50.8 Å². The van der Waals surface area contributed by atoms with Crippen LogP contribution in [0.2, 0.25) is 0 Å². The lowest BCUT2D eigenvalue weighted by Gasteiger charge is -2.21. The van der Waals surface area contributed by atoms with Gasteiger partial charge in [0.05, 0.1) is 20.3 Å². The van der Waals surface area contributed by atoms with Gasteiger partial charge in [-0.15, -0.1) is 0 Å². The third kappa shape index (κ3) is 3.88. The Balaban J connectivity index is 1.96. The minimum absolute atomic E-state index is 0.175. The minimum Gasteiger partial charge on any atom is -0.497 e. The fourth-order valence-corrected chi connectivity index (χ4v) is 2.58. The van der Waals surface area contributed by atoms with Gasteiger partial charge in [-0.1, -0.05) is 0 Å². The van der Waals surface area contributed by atoms with Crippen molar-refractivity contribution in [3.8, 4) is 11.5 Å². The number of benzene rings is 1. The second-order valence-electron chi connectivity index (χ2n) is 5.31. The Bertz CT molecular complexity index is 484. The lowest BCUT2D eigenvalue weighted by Crippen LogP contribution is -2.43. The number of carbonyl (C=O) groups is 1. The highest BCUT2D eigenvalue weighted by atomic mass is 16.5. The zero-order valence-corrected chi connectivity index (χ0v) is 13.0. The molecule has 1 aromatic carbocycles. The van der Waals surface area contributed by atoms with Crippen molar-refractivity contribution in [2.75, 3.05) is 27.3 Å². The fraction of sp³-hybridized carbons (Fsp3) is 0.562. The Hall–Kier alpha value is -1.75. The van der Waals surface area contributed by atoms with E-state index in [0.29, 0.717) is 6.54 Å². The molecule has 1 saturated heterocycles. The molecular formula is C16H24N2O3. The van der Waals surface area contributed by atoms with Gasteiger partial charge in [-0.25, -0.2) is 0 Å². The molecule has 0 aromatic heterocycles. The molecule has 1 aliphatic rings. The number of rotatable bonds is 6. The summed E-state index contributed by atoms with van der Waals surface area (Å²) in [4.78, 5) is 14.2. The number of amides is 1. The molecule has 0 spiro atoms. The van der Waals surface area contributed by atoms with E-state index in [1.807, 2.05) is 30.0 Å². The van der Waals surface area contributed by atoms with Crippen LogP contribution in [0.4, 0.5) is 0 Å². The summed E-state index contributed by atoms with van der Waals surface area (Å²) >= 11 is 0. The van der Waals surface area contributed by atoms with Crippen molar-refractivity contribution in [2.45, 2.75) is 32.4 Å². The molecule has 0 aliphatic carbocycles. The van der Waals surface area contributed by atoms with E-state index < -0.39 is 0 Å². The summed E-state index contributed by atoms with van der Waals surface area (Å²) in [5, 5.41) is 3.27. The number of ether oxygens (including phenoxy) is 2. The summed E-state index contributed by atoms with van der Waals surface area (Å²) in [6, 6.07) is 5.47. The number of hydrogen-bond acceptors (Lipinski definition) is 4. The number of hydrogen-bond donors (Lipinski definition) is 1. The average Bonchev–Trinajstić information content (AvgIpc) is 3.05. The Morgan fingerprint density at radius 1 is 1.29 bits per heavy atom. The van der Waals surface area contributed by atoms with E-state index in [2.05, 4.69) is 5.32 Å². The summed E-state index contributed by atoms with van der Waals surface area (Å²) in [6.45, 7) is 4.25. The average molecular weight is 292 g/mol. The highest BCUT2D eigenvalue weighted by Crippen LogP contribution is 2.23. The first kappa shape index (κ1) is 15.6. The molecule has 5 heteroatoms. The first-order valence-corrected chi connectivity index (χ1v) is 7.38.